The fourth-order valence-electron chi connectivity index (χ4n) is 3.42. The number of halogens is 1. The molecule has 0 aromatic heterocycles. The van der Waals surface area contributed by atoms with Crippen LogP contribution in [0.25, 0.3) is 0 Å². The monoisotopic (exact) mass is 373 g/mol. The zero-order valence-electron chi connectivity index (χ0n) is 13.1. The Morgan fingerprint density at radius 3 is 2.58 bits per heavy atom. The molecule has 0 bridgehead atoms. The molecule has 132 valence electrons. The van der Waals surface area contributed by atoms with Gasteiger partial charge in [-0.1, -0.05) is 23.7 Å². The van der Waals surface area contributed by atoms with Gasteiger partial charge in [0.15, 0.2) is 0 Å². The van der Waals surface area contributed by atoms with Gasteiger partial charge in [0.2, 0.25) is 10.0 Å². The Hall–Kier alpha value is -1.31. The molecule has 1 unspecified atom stereocenters. The van der Waals surface area contributed by atoms with E-state index in [0.29, 0.717) is 49.5 Å². The minimum absolute atomic E-state index is 0.366. The third-order valence-corrected chi connectivity index (χ3v) is 7.05. The number of carboxylic acids is 1. The van der Waals surface area contributed by atoms with Crippen molar-refractivity contribution in [2.75, 3.05) is 6.61 Å². The average molecular weight is 374 g/mol. The lowest BCUT2D eigenvalue weighted by atomic mass is 9.89. The first kappa shape index (κ1) is 17.5. The minimum atomic E-state index is -3.53. The molecule has 0 amide bonds. The Kier molecular flexibility index (Phi) is 5.03. The number of fused-ring (bicyclic) bond motifs is 1. The number of carbonyl (C=O) groups is 1. The predicted octanol–water partition coefficient (Wildman–Crippen LogP) is 2.73. The van der Waals surface area contributed by atoms with Crippen LogP contribution in [-0.4, -0.2) is 31.4 Å². The van der Waals surface area contributed by atoms with Crippen LogP contribution in [0.2, 0.25) is 5.02 Å². The van der Waals surface area contributed by atoms with Crippen LogP contribution < -0.4 is 9.46 Å². The van der Waals surface area contributed by atoms with E-state index in [1.807, 2.05) is 6.07 Å². The van der Waals surface area contributed by atoms with Crippen molar-refractivity contribution in [3.8, 4) is 5.75 Å². The van der Waals surface area contributed by atoms with Gasteiger partial charge in [0.25, 0.3) is 0 Å². The maximum absolute atomic E-state index is 12.7. The standard InChI is InChI=1S/C16H20ClNO5S/c17-13-3-1-2-12-14(8-9-23-15(12)13)18-24(21,22)11-6-4-10(5-7-11)16(19)20/h1-3,10-11,14,18H,4-9H2,(H,19,20). The second-order valence-corrected chi connectivity index (χ2v) is 8.72. The lowest BCUT2D eigenvalue weighted by molar-refractivity contribution is -0.142. The van der Waals surface area contributed by atoms with E-state index in [0.717, 1.165) is 5.56 Å². The molecule has 3 rings (SSSR count). The topological polar surface area (TPSA) is 92.7 Å². The molecule has 1 saturated carbocycles. The Balaban J connectivity index is 1.73. The molecule has 1 atom stereocenters. The van der Waals surface area contributed by atoms with Crippen LogP contribution in [0.4, 0.5) is 0 Å². The van der Waals surface area contributed by atoms with Crippen LogP contribution in [0.3, 0.4) is 0 Å². The molecule has 1 aromatic carbocycles. The molecule has 24 heavy (non-hydrogen) atoms. The summed E-state index contributed by atoms with van der Waals surface area (Å²) in [5.74, 6) is -0.737. The molecular weight excluding hydrogens is 354 g/mol. The summed E-state index contributed by atoms with van der Waals surface area (Å²) in [6, 6.07) is 4.93. The SMILES string of the molecule is O=C(O)C1CCC(S(=O)(=O)NC2CCOc3c(Cl)cccc32)CC1. The molecular formula is C16H20ClNO5S. The van der Waals surface area contributed by atoms with Gasteiger partial charge in [0.1, 0.15) is 5.75 Å². The van der Waals surface area contributed by atoms with E-state index in [1.165, 1.54) is 0 Å². The molecule has 1 aliphatic heterocycles. The first-order valence-corrected chi connectivity index (χ1v) is 9.96. The van der Waals surface area contributed by atoms with Gasteiger partial charge in [-0.3, -0.25) is 4.79 Å². The molecule has 2 aliphatic rings. The average Bonchev–Trinajstić information content (AvgIpc) is 2.56. The molecule has 1 aromatic rings. The maximum Gasteiger partial charge on any atom is 0.306 e. The second kappa shape index (κ2) is 6.90. The lowest BCUT2D eigenvalue weighted by Crippen LogP contribution is -2.40. The van der Waals surface area contributed by atoms with Gasteiger partial charge in [-0.25, -0.2) is 13.1 Å². The molecule has 6 nitrogen and oxygen atoms in total. The van der Waals surface area contributed by atoms with Gasteiger partial charge in [0.05, 0.1) is 28.8 Å². The van der Waals surface area contributed by atoms with Gasteiger partial charge in [-0.05, 0) is 31.7 Å². The van der Waals surface area contributed by atoms with E-state index in [1.54, 1.807) is 12.1 Å². The summed E-state index contributed by atoms with van der Waals surface area (Å²) < 4.78 is 33.7. The summed E-state index contributed by atoms with van der Waals surface area (Å²) in [5, 5.41) is 8.96. The third kappa shape index (κ3) is 3.53. The van der Waals surface area contributed by atoms with E-state index in [2.05, 4.69) is 4.72 Å². The normalized spacial score (nSPS) is 27.1. The minimum Gasteiger partial charge on any atom is -0.492 e. The van der Waals surface area contributed by atoms with Crippen molar-refractivity contribution in [3.63, 3.8) is 0 Å². The molecule has 0 spiro atoms. The highest BCUT2D eigenvalue weighted by molar-refractivity contribution is 7.90. The van der Waals surface area contributed by atoms with E-state index in [4.69, 9.17) is 21.4 Å². The van der Waals surface area contributed by atoms with Crippen LogP contribution in [0.1, 0.15) is 43.7 Å². The van der Waals surface area contributed by atoms with E-state index in [9.17, 15) is 13.2 Å². The van der Waals surface area contributed by atoms with Crippen LogP contribution in [0.15, 0.2) is 18.2 Å². The number of aliphatic carboxylic acids is 1. The molecule has 0 radical (unpaired) electrons. The Morgan fingerprint density at radius 1 is 1.21 bits per heavy atom. The highest BCUT2D eigenvalue weighted by atomic mass is 35.5. The predicted molar refractivity (Wildman–Crippen MR) is 89.7 cm³/mol. The summed E-state index contributed by atoms with van der Waals surface area (Å²) in [6.45, 7) is 0.398. The Bertz CT molecular complexity index is 728. The number of benzene rings is 1. The molecule has 0 saturated heterocycles. The van der Waals surface area contributed by atoms with Crippen molar-refractivity contribution in [1.29, 1.82) is 0 Å². The van der Waals surface area contributed by atoms with Crippen LogP contribution >= 0.6 is 11.6 Å². The first-order chi connectivity index (χ1) is 11.4. The van der Waals surface area contributed by atoms with Crippen LogP contribution in [0, 0.1) is 5.92 Å². The molecule has 1 heterocycles. The summed E-state index contributed by atoms with van der Waals surface area (Å²) in [6.07, 6.45) is 2.08. The summed E-state index contributed by atoms with van der Waals surface area (Å²) in [7, 11) is -3.53. The van der Waals surface area contributed by atoms with Crippen molar-refractivity contribution >= 4 is 27.6 Å². The van der Waals surface area contributed by atoms with Crippen molar-refractivity contribution in [3.05, 3.63) is 28.8 Å². The molecule has 2 N–H and O–H groups in total. The fourth-order valence-corrected chi connectivity index (χ4v) is 5.39. The van der Waals surface area contributed by atoms with Gasteiger partial charge >= 0.3 is 5.97 Å². The zero-order chi connectivity index (χ0) is 17.3. The van der Waals surface area contributed by atoms with Gasteiger partial charge < -0.3 is 9.84 Å². The highest BCUT2D eigenvalue weighted by Gasteiger charge is 2.36. The van der Waals surface area contributed by atoms with Gasteiger partial charge in [-0.15, -0.1) is 0 Å². The number of carboxylic acid groups (broad SMARTS) is 1. The first-order valence-electron chi connectivity index (χ1n) is 8.03. The number of hydrogen-bond acceptors (Lipinski definition) is 4. The van der Waals surface area contributed by atoms with E-state index >= 15 is 0 Å². The number of sulfonamides is 1. The van der Waals surface area contributed by atoms with Crippen molar-refractivity contribution in [2.45, 2.75) is 43.4 Å². The second-order valence-electron chi connectivity index (χ2n) is 6.32. The maximum atomic E-state index is 12.7. The van der Waals surface area contributed by atoms with Crippen LogP contribution in [0.5, 0.6) is 5.75 Å². The van der Waals surface area contributed by atoms with Crippen LogP contribution in [-0.2, 0) is 14.8 Å². The summed E-state index contributed by atoms with van der Waals surface area (Å²) in [5.41, 5.74) is 0.747. The number of para-hydroxylation sites is 1. The van der Waals surface area contributed by atoms with Crippen molar-refractivity contribution in [1.82, 2.24) is 4.72 Å². The lowest BCUT2D eigenvalue weighted by Gasteiger charge is -2.31. The quantitative estimate of drug-likeness (QED) is 0.846. The number of hydrogen-bond donors (Lipinski definition) is 2. The third-order valence-electron chi connectivity index (χ3n) is 4.79. The van der Waals surface area contributed by atoms with Crippen molar-refractivity contribution < 1.29 is 23.1 Å². The fraction of sp³-hybridized carbons (Fsp3) is 0.562. The summed E-state index contributed by atoms with van der Waals surface area (Å²) >= 11 is 6.12. The van der Waals surface area contributed by atoms with E-state index in [-0.39, 0.29) is 6.04 Å². The van der Waals surface area contributed by atoms with E-state index < -0.39 is 27.2 Å². The van der Waals surface area contributed by atoms with Gasteiger partial charge in [0, 0.05) is 12.0 Å². The largest absolute Gasteiger partial charge is 0.492 e. The zero-order valence-corrected chi connectivity index (χ0v) is 14.6. The van der Waals surface area contributed by atoms with Gasteiger partial charge in [-0.2, -0.15) is 0 Å². The number of nitrogens with one attached hydrogen (secondary N) is 1. The van der Waals surface area contributed by atoms with Crippen molar-refractivity contribution in [2.24, 2.45) is 5.92 Å². The number of ether oxygens (including phenoxy) is 1. The summed E-state index contributed by atoms with van der Waals surface area (Å²) in [4.78, 5) is 11.0. The smallest absolute Gasteiger partial charge is 0.306 e. The Morgan fingerprint density at radius 2 is 1.92 bits per heavy atom. The molecule has 8 heteroatoms. The molecule has 1 aliphatic carbocycles. The highest BCUT2D eigenvalue weighted by Crippen LogP contribution is 2.38. The molecule has 1 fully saturated rings. The number of rotatable bonds is 4. The Labute approximate surface area is 146 Å².